The average molecular weight is 442 g/mol. The van der Waals surface area contributed by atoms with Gasteiger partial charge in [0.05, 0.1) is 17.1 Å². The third-order valence-corrected chi connectivity index (χ3v) is 7.75. The fourth-order valence-corrected chi connectivity index (χ4v) is 6.44. The van der Waals surface area contributed by atoms with Gasteiger partial charge in [0.1, 0.15) is 22.9 Å². The number of primary amides is 1. The number of benzene rings is 1. The van der Waals surface area contributed by atoms with Gasteiger partial charge < -0.3 is 26.2 Å². The van der Waals surface area contributed by atoms with Crippen molar-refractivity contribution >= 4 is 17.4 Å². The zero-order valence-electron chi connectivity index (χ0n) is 18.8. The Bertz CT molecular complexity index is 1080. The summed E-state index contributed by atoms with van der Waals surface area (Å²) >= 11 is 0. The van der Waals surface area contributed by atoms with Crippen LogP contribution in [-0.4, -0.2) is 37.7 Å². The first-order valence-corrected chi connectivity index (χ1v) is 11.2. The van der Waals surface area contributed by atoms with Crippen molar-refractivity contribution in [1.29, 1.82) is 0 Å². The highest BCUT2D eigenvalue weighted by Gasteiger charge is 2.59. The van der Waals surface area contributed by atoms with Crippen LogP contribution in [0.1, 0.15) is 63.1 Å². The first kappa shape index (κ1) is 22.4. The summed E-state index contributed by atoms with van der Waals surface area (Å²) in [6, 6.07) is 3.37. The standard InChI is InChI=1S/C25H31NO6/c1-5-12-15-9-11-8-14-13(10(2)3)6-7-16(27)18(14)22(29)17(11)23(30)19(15)25(4,32)20(21(12)28)24(26)31/h6-7,10-12,15,19,27-29,32H,5,8-9H2,1-4H3,(H2,26,31). The molecule has 0 spiro atoms. The molecule has 3 aliphatic rings. The molecule has 0 bridgehead atoms. The van der Waals surface area contributed by atoms with Crippen molar-refractivity contribution in [2.24, 2.45) is 29.4 Å². The Morgan fingerprint density at radius 3 is 2.47 bits per heavy atom. The van der Waals surface area contributed by atoms with E-state index in [0.717, 1.165) is 11.1 Å². The second-order valence-corrected chi connectivity index (χ2v) is 9.87. The maximum Gasteiger partial charge on any atom is 0.250 e. The lowest BCUT2D eigenvalue weighted by molar-refractivity contribution is -0.139. The Kier molecular flexibility index (Phi) is 5.16. The fraction of sp³-hybridized carbons (Fsp3) is 0.520. The van der Waals surface area contributed by atoms with Crippen LogP contribution < -0.4 is 5.73 Å². The number of hydrogen-bond acceptors (Lipinski definition) is 6. The topological polar surface area (TPSA) is 141 Å². The van der Waals surface area contributed by atoms with Crippen LogP contribution in [0.2, 0.25) is 0 Å². The number of amides is 1. The molecule has 5 unspecified atom stereocenters. The maximum atomic E-state index is 13.8. The van der Waals surface area contributed by atoms with Crippen LogP contribution in [0.4, 0.5) is 0 Å². The average Bonchev–Trinajstić information content (AvgIpc) is 2.66. The van der Waals surface area contributed by atoms with Crippen LogP contribution in [-0.2, 0) is 16.0 Å². The van der Waals surface area contributed by atoms with Crippen molar-refractivity contribution in [3.63, 3.8) is 0 Å². The van der Waals surface area contributed by atoms with E-state index in [9.17, 15) is 30.0 Å². The molecule has 0 radical (unpaired) electrons. The van der Waals surface area contributed by atoms with Gasteiger partial charge in [-0.15, -0.1) is 0 Å². The third-order valence-electron chi connectivity index (χ3n) is 7.75. The molecule has 3 aliphatic carbocycles. The number of aliphatic hydroxyl groups excluding tert-OH is 2. The zero-order chi connectivity index (χ0) is 23.7. The summed E-state index contributed by atoms with van der Waals surface area (Å²) in [5.74, 6) is -4.12. The smallest absolute Gasteiger partial charge is 0.250 e. The highest BCUT2D eigenvalue weighted by molar-refractivity contribution is 6.08. The number of carbonyl (C=O) groups excluding carboxylic acids is 2. The van der Waals surface area contributed by atoms with E-state index < -0.39 is 35.0 Å². The molecular weight excluding hydrogens is 410 g/mol. The van der Waals surface area contributed by atoms with Crippen LogP contribution in [0.3, 0.4) is 0 Å². The molecule has 7 heteroatoms. The lowest BCUT2D eigenvalue weighted by Crippen LogP contribution is -2.58. The molecule has 0 heterocycles. The number of phenols is 1. The Labute approximate surface area is 187 Å². The summed E-state index contributed by atoms with van der Waals surface area (Å²) in [5.41, 5.74) is 5.45. The van der Waals surface area contributed by atoms with Gasteiger partial charge in [-0.05, 0) is 61.1 Å². The minimum absolute atomic E-state index is 0.0972. The lowest BCUT2D eigenvalue weighted by Gasteiger charge is -2.51. The summed E-state index contributed by atoms with van der Waals surface area (Å²) in [6.07, 6.45) is 1.39. The molecule has 4 rings (SSSR count). The number of rotatable bonds is 3. The van der Waals surface area contributed by atoms with E-state index in [2.05, 4.69) is 0 Å². The SMILES string of the molecule is CCC1C(O)=C(C(N)=O)C(C)(O)C2C(=O)C3=C(O)c4c(O)ccc(C(C)C)c4CC3CC12. The number of aromatic hydroxyl groups is 1. The van der Waals surface area contributed by atoms with E-state index in [1.54, 1.807) is 0 Å². The van der Waals surface area contributed by atoms with Crippen molar-refractivity contribution in [3.05, 3.63) is 45.7 Å². The highest BCUT2D eigenvalue weighted by Crippen LogP contribution is 2.56. The summed E-state index contributed by atoms with van der Waals surface area (Å²) < 4.78 is 0. The van der Waals surface area contributed by atoms with Gasteiger partial charge in [0.15, 0.2) is 5.78 Å². The van der Waals surface area contributed by atoms with Crippen molar-refractivity contribution in [2.45, 2.75) is 58.5 Å². The summed E-state index contributed by atoms with van der Waals surface area (Å²) in [7, 11) is 0. The normalized spacial score (nSPS) is 32.0. The van der Waals surface area contributed by atoms with Crippen molar-refractivity contribution in [3.8, 4) is 5.75 Å². The number of fused-ring (bicyclic) bond motifs is 3. The molecule has 7 nitrogen and oxygen atoms in total. The largest absolute Gasteiger partial charge is 0.511 e. The molecule has 6 N–H and O–H groups in total. The van der Waals surface area contributed by atoms with Crippen molar-refractivity contribution < 1.29 is 30.0 Å². The van der Waals surface area contributed by atoms with Gasteiger partial charge >= 0.3 is 0 Å². The number of phenolic OH excluding ortho intramolecular Hbond substituents is 1. The fourth-order valence-electron chi connectivity index (χ4n) is 6.44. The zero-order valence-corrected chi connectivity index (χ0v) is 18.8. The minimum atomic E-state index is -1.97. The summed E-state index contributed by atoms with van der Waals surface area (Å²) in [5, 5.41) is 43.8. The molecule has 1 aromatic carbocycles. The lowest BCUT2D eigenvalue weighted by atomic mass is 9.53. The molecule has 0 aliphatic heterocycles. The summed E-state index contributed by atoms with van der Waals surface area (Å²) in [6.45, 7) is 7.25. The number of Topliss-reactive ketones (excluding diaryl/α,β-unsaturated/α-hetero) is 1. The number of aliphatic hydroxyl groups is 3. The highest BCUT2D eigenvalue weighted by atomic mass is 16.3. The van der Waals surface area contributed by atoms with E-state index in [-0.39, 0.29) is 45.8 Å². The molecule has 32 heavy (non-hydrogen) atoms. The first-order chi connectivity index (χ1) is 14.9. The second kappa shape index (κ2) is 7.37. The molecule has 1 amide bonds. The van der Waals surface area contributed by atoms with Crippen LogP contribution in [0.15, 0.2) is 29.0 Å². The Balaban J connectivity index is 1.93. The number of allylic oxidation sites excluding steroid dienone is 2. The predicted octanol–water partition coefficient (Wildman–Crippen LogP) is 3.25. The molecule has 0 saturated heterocycles. The Morgan fingerprint density at radius 2 is 1.91 bits per heavy atom. The van der Waals surface area contributed by atoms with Gasteiger partial charge in [-0.3, -0.25) is 9.59 Å². The van der Waals surface area contributed by atoms with Gasteiger partial charge in [0, 0.05) is 11.5 Å². The predicted molar refractivity (Wildman–Crippen MR) is 119 cm³/mol. The van der Waals surface area contributed by atoms with E-state index in [4.69, 9.17) is 5.73 Å². The van der Waals surface area contributed by atoms with Crippen molar-refractivity contribution in [2.75, 3.05) is 0 Å². The van der Waals surface area contributed by atoms with Gasteiger partial charge in [0.25, 0.3) is 5.91 Å². The maximum absolute atomic E-state index is 13.8. The molecule has 1 aromatic rings. The first-order valence-electron chi connectivity index (χ1n) is 11.2. The quantitative estimate of drug-likeness (QED) is 0.488. The third kappa shape index (κ3) is 2.90. The van der Waals surface area contributed by atoms with Gasteiger partial charge in [0.2, 0.25) is 0 Å². The van der Waals surface area contributed by atoms with Crippen LogP contribution in [0, 0.1) is 23.7 Å². The second-order valence-electron chi connectivity index (χ2n) is 9.87. The molecule has 5 atom stereocenters. The van der Waals surface area contributed by atoms with Crippen LogP contribution in [0.25, 0.3) is 5.76 Å². The van der Waals surface area contributed by atoms with Crippen LogP contribution in [0.5, 0.6) is 5.75 Å². The monoisotopic (exact) mass is 441 g/mol. The summed E-state index contributed by atoms with van der Waals surface area (Å²) in [4.78, 5) is 25.9. The van der Waals surface area contributed by atoms with Gasteiger partial charge in [-0.25, -0.2) is 0 Å². The minimum Gasteiger partial charge on any atom is -0.511 e. The molecular formula is C25H31NO6. The van der Waals surface area contributed by atoms with Gasteiger partial charge in [-0.1, -0.05) is 26.8 Å². The van der Waals surface area contributed by atoms with E-state index in [1.807, 2.05) is 26.8 Å². The number of ketones is 1. The Morgan fingerprint density at radius 1 is 1.25 bits per heavy atom. The number of carbonyl (C=O) groups is 2. The Hall–Kier alpha value is -2.80. The van der Waals surface area contributed by atoms with E-state index in [0.29, 0.717) is 19.3 Å². The number of nitrogens with two attached hydrogens (primary N) is 1. The van der Waals surface area contributed by atoms with Crippen LogP contribution >= 0.6 is 0 Å². The molecule has 172 valence electrons. The molecule has 1 fully saturated rings. The molecule has 0 aromatic heterocycles. The van der Waals surface area contributed by atoms with E-state index >= 15 is 0 Å². The van der Waals surface area contributed by atoms with E-state index in [1.165, 1.54) is 13.0 Å². The van der Waals surface area contributed by atoms with Gasteiger partial charge in [-0.2, -0.15) is 0 Å². The molecule has 1 saturated carbocycles. The van der Waals surface area contributed by atoms with Crippen molar-refractivity contribution in [1.82, 2.24) is 0 Å². The number of hydrogen-bond donors (Lipinski definition) is 5.